The summed E-state index contributed by atoms with van der Waals surface area (Å²) in [6.45, 7) is 8.01. The molecule has 0 bridgehead atoms. The van der Waals surface area contributed by atoms with Crippen molar-refractivity contribution in [3.63, 3.8) is 0 Å². The minimum absolute atomic E-state index is 0.0743. The highest BCUT2D eigenvalue weighted by Gasteiger charge is 2.15. The van der Waals surface area contributed by atoms with Crippen LogP contribution in [-0.2, 0) is 4.79 Å². The molecule has 0 saturated heterocycles. The first-order chi connectivity index (χ1) is 10.9. The minimum Gasteiger partial charge on any atom is -0.374 e. The summed E-state index contributed by atoms with van der Waals surface area (Å²) in [5.74, 6) is 0.278. The second-order valence-corrected chi connectivity index (χ2v) is 6.47. The van der Waals surface area contributed by atoms with Gasteiger partial charge in [-0.05, 0) is 49.1 Å². The van der Waals surface area contributed by atoms with Gasteiger partial charge >= 0.3 is 0 Å². The zero-order valence-corrected chi connectivity index (χ0v) is 14.7. The maximum Gasteiger partial charge on any atom is 0.246 e. The zero-order chi connectivity index (χ0) is 17.0. The SMILES string of the molecule is Cc1ccc(NC(C)C(=O)Nc2ccccc2C(C)C)cc1Cl. The highest BCUT2D eigenvalue weighted by molar-refractivity contribution is 6.31. The Morgan fingerprint density at radius 2 is 1.78 bits per heavy atom. The second kappa shape index (κ2) is 7.51. The fourth-order valence-corrected chi connectivity index (χ4v) is 2.53. The number of rotatable bonds is 5. The number of anilines is 2. The number of halogens is 1. The molecular formula is C19H23ClN2O. The van der Waals surface area contributed by atoms with Gasteiger partial charge in [0.05, 0.1) is 0 Å². The Morgan fingerprint density at radius 1 is 1.09 bits per heavy atom. The van der Waals surface area contributed by atoms with Gasteiger partial charge in [0.1, 0.15) is 6.04 Å². The molecule has 0 aromatic heterocycles. The molecule has 0 spiro atoms. The Labute approximate surface area is 143 Å². The number of benzene rings is 2. The van der Waals surface area contributed by atoms with Crippen molar-refractivity contribution < 1.29 is 4.79 Å². The number of aryl methyl sites for hydroxylation is 1. The van der Waals surface area contributed by atoms with E-state index in [0.29, 0.717) is 10.9 Å². The summed E-state index contributed by atoms with van der Waals surface area (Å²) in [4.78, 5) is 12.4. The largest absolute Gasteiger partial charge is 0.374 e. The van der Waals surface area contributed by atoms with E-state index >= 15 is 0 Å². The van der Waals surface area contributed by atoms with Gasteiger partial charge in [-0.25, -0.2) is 0 Å². The van der Waals surface area contributed by atoms with Crippen LogP contribution >= 0.6 is 11.6 Å². The van der Waals surface area contributed by atoms with Gasteiger partial charge in [0.2, 0.25) is 5.91 Å². The third-order valence-electron chi connectivity index (χ3n) is 3.79. The van der Waals surface area contributed by atoms with Crippen molar-refractivity contribution in [1.82, 2.24) is 0 Å². The van der Waals surface area contributed by atoms with Crippen LogP contribution in [0.4, 0.5) is 11.4 Å². The van der Waals surface area contributed by atoms with Crippen LogP contribution in [0.2, 0.25) is 5.02 Å². The average molecular weight is 331 g/mol. The molecule has 1 amide bonds. The van der Waals surface area contributed by atoms with Crippen LogP contribution in [0.3, 0.4) is 0 Å². The van der Waals surface area contributed by atoms with Gasteiger partial charge in [0, 0.05) is 16.4 Å². The van der Waals surface area contributed by atoms with E-state index in [1.165, 1.54) is 0 Å². The molecule has 2 rings (SSSR count). The summed E-state index contributed by atoms with van der Waals surface area (Å²) in [5, 5.41) is 6.87. The van der Waals surface area contributed by atoms with Crippen molar-refractivity contribution in [3.05, 3.63) is 58.6 Å². The summed E-state index contributed by atoms with van der Waals surface area (Å²) >= 11 is 6.12. The van der Waals surface area contributed by atoms with Crippen LogP contribution in [0, 0.1) is 6.92 Å². The van der Waals surface area contributed by atoms with Crippen LogP contribution in [0.1, 0.15) is 37.8 Å². The molecule has 0 aliphatic heterocycles. The molecule has 0 heterocycles. The van der Waals surface area contributed by atoms with E-state index in [0.717, 1.165) is 22.5 Å². The maximum absolute atomic E-state index is 12.4. The van der Waals surface area contributed by atoms with Crippen molar-refractivity contribution >= 4 is 28.9 Å². The van der Waals surface area contributed by atoms with Gasteiger partial charge in [-0.3, -0.25) is 4.79 Å². The summed E-state index contributed by atoms with van der Waals surface area (Å²) in [5.41, 5.74) is 3.84. The second-order valence-electron chi connectivity index (χ2n) is 6.06. The van der Waals surface area contributed by atoms with Crippen LogP contribution in [0.15, 0.2) is 42.5 Å². The predicted octanol–water partition coefficient (Wildman–Crippen LogP) is 5.21. The summed E-state index contributed by atoms with van der Waals surface area (Å²) in [6.07, 6.45) is 0. The molecular weight excluding hydrogens is 308 g/mol. The zero-order valence-electron chi connectivity index (χ0n) is 14.0. The lowest BCUT2D eigenvalue weighted by Crippen LogP contribution is -2.32. The standard InChI is InChI=1S/C19H23ClN2O/c1-12(2)16-7-5-6-8-18(16)22-19(23)14(4)21-15-10-9-13(3)17(20)11-15/h5-12,14,21H,1-4H3,(H,22,23). The van der Waals surface area contributed by atoms with Crippen molar-refractivity contribution in [2.75, 3.05) is 10.6 Å². The van der Waals surface area contributed by atoms with Gasteiger partial charge in [-0.1, -0.05) is 49.7 Å². The van der Waals surface area contributed by atoms with Gasteiger partial charge in [-0.15, -0.1) is 0 Å². The van der Waals surface area contributed by atoms with Crippen LogP contribution in [0.5, 0.6) is 0 Å². The Hall–Kier alpha value is -2.00. The Kier molecular flexibility index (Phi) is 5.67. The van der Waals surface area contributed by atoms with Gasteiger partial charge in [-0.2, -0.15) is 0 Å². The average Bonchev–Trinajstić information content (AvgIpc) is 2.51. The molecule has 4 heteroatoms. The minimum atomic E-state index is -0.367. The van der Waals surface area contributed by atoms with Crippen molar-refractivity contribution in [1.29, 1.82) is 0 Å². The smallest absolute Gasteiger partial charge is 0.246 e. The molecule has 122 valence electrons. The number of hydrogen-bond donors (Lipinski definition) is 2. The Bertz CT molecular complexity index is 698. The molecule has 2 aromatic rings. The molecule has 0 aliphatic rings. The van der Waals surface area contributed by atoms with Crippen LogP contribution in [-0.4, -0.2) is 11.9 Å². The third-order valence-corrected chi connectivity index (χ3v) is 4.20. The monoisotopic (exact) mass is 330 g/mol. The number of nitrogens with one attached hydrogen (secondary N) is 2. The van der Waals surface area contributed by atoms with E-state index in [1.807, 2.05) is 56.3 Å². The Morgan fingerprint density at radius 3 is 2.43 bits per heavy atom. The van der Waals surface area contributed by atoms with Gasteiger partial charge in [0.25, 0.3) is 0 Å². The fraction of sp³-hybridized carbons (Fsp3) is 0.316. The summed E-state index contributed by atoms with van der Waals surface area (Å²) in [6, 6.07) is 13.2. The summed E-state index contributed by atoms with van der Waals surface area (Å²) < 4.78 is 0. The first-order valence-corrected chi connectivity index (χ1v) is 8.18. The third kappa shape index (κ3) is 4.49. The Balaban J connectivity index is 2.07. The quantitative estimate of drug-likeness (QED) is 0.790. The molecule has 2 aromatic carbocycles. The number of para-hydroxylation sites is 1. The number of carbonyl (C=O) groups is 1. The fourth-order valence-electron chi connectivity index (χ4n) is 2.35. The van der Waals surface area contributed by atoms with Crippen molar-refractivity contribution in [2.24, 2.45) is 0 Å². The highest BCUT2D eigenvalue weighted by Crippen LogP contribution is 2.24. The normalized spacial score (nSPS) is 12.1. The number of hydrogen-bond acceptors (Lipinski definition) is 2. The highest BCUT2D eigenvalue weighted by atomic mass is 35.5. The molecule has 0 fully saturated rings. The van der Waals surface area contributed by atoms with Gasteiger partial charge < -0.3 is 10.6 Å². The first kappa shape index (κ1) is 17.4. The topological polar surface area (TPSA) is 41.1 Å². The van der Waals surface area contributed by atoms with E-state index in [2.05, 4.69) is 24.5 Å². The molecule has 0 saturated carbocycles. The van der Waals surface area contributed by atoms with E-state index in [4.69, 9.17) is 11.6 Å². The lowest BCUT2D eigenvalue weighted by atomic mass is 10.0. The molecule has 1 atom stereocenters. The van der Waals surface area contributed by atoms with Crippen LogP contribution in [0.25, 0.3) is 0 Å². The molecule has 0 radical (unpaired) electrons. The van der Waals surface area contributed by atoms with E-state index in [9.17, 15) is 4.79 Å². The summed E-state index contributed by atoms with van der Waals surface area (Å²) in [7, 11) is 0. The number of carbonyl (C=O) groups excluding carboxylic acids is 1. The molecule has 1 unspecified atom stereocenters. The first-order valence-electron chi connectivity index (χ1n) is 7.81. The predicted molar refractivity (Wildman–Crippen MR) is 98.4 cm³/mol. The molecule has 3 nitrogen and oxygen atoms in total. The van der Waals surface area contributed by atoms with Gasteiger partial charge in [0.15, 0.2) is 0 Å². The van der Waals surface area contributed by atoms with E-state index < -0.39 is 0 Å². The number of amides is 1. The maximum atomic E-state index is 12.4. The van der Waals surface area contributed by atoms with Crippen LogP contribution < -0.4 is 10.6 Å². The lowest BCUT2D eigenvalue weighted by Gasteiger charge is -2.18. The van der Waals surface area contributed by atoms with E-state index in [-0.39, 0.29) is 11.9 Å². The van der Waals surface area contributed by atoms with Crippen molar-refractivity contribution in [2.45, 2.75) is 39.7 Å². The van der Waals surface area contributed by atoms with Crippen molar-refractivity contribution in [3.8, 4) is 0 Å². The molecule has 0 aliphatic carbocycles. The lowest BCUT2D eigenvalue weighted by molar-refractivity contribution is -0.116. The molecule has 23 heavy (non-hydrogen) atoms. The van der Waals surface area contributed by atoms with E-state index in [1.54, 1.807) is 0 Å². The molecule has 2 N–H and O–H groups in total.